The van der Waals surface area contributed by atoms with Crippen LogP contribution in [-0.4, -0.2) is 10.6 Å². The standard InChI is InChI=1S/C12H12N2O/c1-9(2)14-11-6-4-3-5-10(11)7-12(14)13-8-15/h3-7,9H,1-2H3. The number of hydrogen-bond acceptors (Lipinski definition) is 2. The van der Waals surface area contributed by atoms with Crippen LogP contribution in [0.3, 0.4) is 0 Å². The zero-order valence-corrected chi connectivity index (χ0v) is 8.77. The van der Waals surface area contributed by atoms with E-state index in [4.69, 9.17) is 0 Å². The van der Waals surface area contributed by atoms with Gasteiger partial charge in [0.2, 0.25) is 6.08 Å². The van der Waals surface area contributed by atoms with Gasteiger partial charge in [-0.05, 0) is 26.0 Å². The molecule has 3 nitrogen and oxygen atoms in total. The molecule has 76 valence electrons. The van der Waals surface area contributed by atoms with Crippen LogP contribution < -0.4 is 0 Å². The van der Waals surface area contributed by atoms with E-state index in [1.807, 2.05) is 34.9 Å². The molecule has 3 heteroatoms. The molecule has 0 fully saturated rings. The first-order chi connectivity index (χ1) is 7.24. The summed E-state index contributed by atoms with van der Waals surface area (Å²) in [6.45, 7) is 4.13. The lowest BCUT2D eigenvalue weighted by atomic mass is 10.2. The molecule has 1 aromatic carbocycles. The number of isocyanates is 1. The SMILES string of the molecule is CC(C)n1c(N=C=O)cc2ccccc21. The Bertz CT molecular complexity index is 534. The molecule has 0 saturated heterocycles. The number of aliphatic imine (C=N–C) groups is 1. The van der Waals surface area contributed by atoms with Crippen LogP contribution in [0.4, 0.5) is 5.82 Å². The highest BCUT2D eigenvalue weighted by Crippen LogP contribution is 2.28. The number of para-hydroxylation sites is 1. The van der Waals surface area contributed by atoms with Gasteiger partial charge in [-0.25, -0.2) is 4.79 Å². The summed E-state index contributed by atoms with van der Waals surface area (Å²) >= 11 is 0. The molecule has 0 atom stereocenters. The molecule has 2 aromatic rings. The summed E-state index contributed by atoms with van der Waals surface area (Å²) < 4.78 is 2.03. The molecule has 0 aliphatic heterocycles. The average Bonchev–Trinajstić information content (AvgIpc) is 2.56. The first kappa shape index (κ1) is 9.69. The summed E-state index contributed by atoms with van der Waals surface area (Å²) in [5.74, 6) is 0.668. The van der Waals surface area contributed by atoms with Gasteiger partial charge >= 0.3 is 0 Å². The minimum absolute atomic E-state index is 0.275. The van der Waals surface area contributed by atoms with Gasteiger partial charge in [-0.15, -0.1) is 4.99 Å². The zero-order valence-electron chi connectivity index (χ0n) is 8.77. The Kier molecular flexibility index (Phi) is 2.40. The number of rotatable bonds is 2. The van der Waals surface area contributed by atoms with Gasteiger partial charge in [0.15, 0.2) is 0 Å². The van der Waals surface area contributed by atoms with Gasteiger partial charge in [0.25, 0.3) is 0 Å². The van der Waals surface area contributed by atoms with Crippen molar-refractivity contribution in [3.8, 4) is 0 Å². The molecule has 0 saturated carbocycles. The molecule has 2 rings (SSSR count). The molecule has 0 bridgehead atoms. The molecular formula is C12H12N2O. The monoisotopic (exact) mass is 200 g/mol. The van der Waals surface area contributed by atoms with Crippen molar-refractivity contribution < 1.29 is 4.79 Å². The molecule has 0 spiro atoms. The van der Waals surface area contributed by atoms with E-state index in [1.54, 1.807) is 6.08 Å². The number of fused-ring (bicyclic) bond motifs is 1. The van der Waals surface area contributed by atoms with E-state index in [2.05, 4.69) is 18.8 Å². The Balaban J connectivity index is 2.80. The van der Waals surface area contributed by atoms with E-state index in [-0.39, 0.29) is 6.04 Å². The highest BCUT2D eigenvalue weighted by atomic mass is 16.1. The van der Waals surface area contributed by atoms with E-state index >= 15 is 0 Å². The van der Waals surface area contributed by atoms with Crippen LogP contribution in [0.5, 0.6) is 0 Å². The molecule has 0 N–H and O–H groups in total. The quantitative estimate of drug-likeness (QED) is 0.541. The maximum absolute atomic E-state index is 10.3. The molecule has 0 aliphatic carbocycles. The van der Waals surface area contributed by atoms with Gasteiger partial charge in [0, 0.05) is 11.4 Å². The second-order valence-corrected chi connectivity index (χ2v) is 3.73. The van der Waals surface area contributed by atoms with Crippen molar-refractivity contribution >= 4 is 22.8 Å². The van der Waals surface area contributed by atoms with Crippen molar-refractivity contribution in [2.45, 2.75) is 19.9 Å². The first-order valence-corrected chi connectivity index (χ1v) is 4.92. The van der Waals surface area contributed by atoms with Crippen molar-refractivity contribution in [2.75, 3.05) is 0 Å². The normalized spacial score (nSPS) is 10.6. The average molecular weight is 200 g/mol. The van der Waals surface area contributed by atoms with Crippen molar-refractivity contribution in [2.24, 2.45) is 4.99 Å². The van der Waals surface area contributed by atoms with Gasteiger partial charge in [-0.3, -0.25) is 0 Å². The summed E-state index contributed by atoms with van der Waals surface area (Å²) in [5.41, 5.74) is 1.10. The minimum atomic E-state index is 0.275. The second kappa shape index (κ2) is 3.71. The summed E-state index contributed by atoms with van der Waals surface area (Å²) in [5, 5.41) is 1.10. The second-order valence-electron chi connectivity index (χ2n) is 3.73. The van der Waals surface area contributed by atoms with Crippen LogP contribution in [0.15, 0.2) is 35.3 Å². The fourth-order valence-corrected chi connectivity index (χ4v) is 1.84. The summed E-state index contributed by atoms with van der Waals surface area (Å²) in [7, 11) is 0. The Labute approximate surface area is 88.0 Å². The Morgan fingerprint density at radius 1 is 1.33 bits per heavy atom. The largest absolute Gasteiger partial charge is 0.323 e. The number of benzene rings is 1. The maximum atomic E-state index is 10.3. The van der Waals surface area contributed by atoms with Crippen LogP contribution in [0.25, 0.3) is 10.9 Å². The lowest BCUT2D eigenvalue weighted by Crippen LogP contribution is -1.98. The molecule has 1 heterocycles. The van der Waals surface area contributed by atoms with Crippen LogP contribution in [-0.2, 0) is 4.79 Å². The number of aromatic nitrogens is 1. The highest BCUT2D eigenvalue weighted by Gasteiger charge is 2.09. The minimum Gasteiger partial charge on any atom is -0.323 e. The third kappa shape index (κ3) is 1.58. The Morgan fingerprint density at radius 2 is 2.07 bits per heavy atom. The van der Waals surface area contributed by atoms with Crippen molar-refractivity contribution in [3.63, 3.8) is 0 Å². The third-order valence-corrected chi connectivity index (χ3v) is 2.40. The molecule has 0 unspecified atom stereocenters. The molecule has 1 aromatic heterocycles. The fourth-order valence-electron chi connectivity index (χ4n) is 1.84. The zero-order chi connectivity index (χ0) is 10.8. The van der Waals surface area contributed by atoms with E-state index in [0.717, 1.165) is 10.9 Å². The number of carbonyl (C=O) groups excluding carboxylic acids is 1. The van der Waals surface area contributed by atoms with Crippen LogP contribution >= 0.6 is 0 Å². The number of hydrogen-bond donors (Lipinski definition) is 0. The smallest absolute Gasteiger partial charge is 0.242 e. The lowest BCUT2D eigenvalue weighted by Gasteiger charge is -2.10. The predicted octanol–water partition coefficient (Wildman–Crippen LogP) is 3.19. The molecule has 0 radical (unpaired) electrons. The maximum Gasteiger partial charge on any atom is 0.242 e. The van der Waals surface area contributed by atoms with Gasteiger partial charge in [0.1, 0.15) is 5.82 Å². The van der Waals surface area contributed by atoms with Crippen LogP contribution in [0.1, 0.15) is 19.9 Å². The van der Waals surface area contributed by atoms with Gasteiger partial charge < -0.3 is 4.57 Å². The summed E-state index contributed by atoms with van der Waals surface area (Å²) in [6, 6.07) is 10.2. The molecule has 0 aliphatic rings. The van der Waals surface area contributed by atoms with E-state index in [1.165, 1.54) is 0 Å². The van der Waals surface area contributed by atoms with Crippen molar-refractivity contribution in [1.29, 1.82) is 0 Å². The lowest BCUT2D eigenvalue weighted by molar-refractivity contribution is 0.564. The van der Waals surface area contributed by atoms with Gasteiger partial charge in [-0.1, -0.05) is 18.2 Å². The van der Waals surface area contributed by atoms with E-state index in [0.29, 0.717) is 5.82 Å². The van der Waals surface area contributed by atoms with Crippen molar-refractivity contribution in [3.05, 3.63) is 30.3 Å². The number of nitrogens with zero attached hydrogens (tertiary/aromatic N) is 2. The Morgan fingerprint density at radius 3 is 2.73 bits per heavy atom. The summed E-state index contributed by atoms with van der Waals surface area (Å²) in [4.78, 5) is 14.0. The van der Waals surface area contributed by atoms with Crippen LogP contribution in [0.2, 0.25) is 0 Å². The molecule has 15 heavy (non-hydrogen) atoms. The summed E-state index contributed by atoms with van der Waals surface area (Å²) in [6.07, 6.45) is 1.59. The van der Waals surface area contributed by atoms with Crippen LogP contribution in [0, 0.1) is 0 Å². The van der Waals surface area contributed by atoms with Gasteiger partial charge in [0.05, 0.1) is 5.52 Å². The molecular weight excluding hydrogens is 188 g/mol. The fraction of sp³-hybridized carbons (Fsp3) is 0.250. The van der Waals surface area contributed by atoms with Crippen molar-refractivity contribution in [1.82, 2.24) is 4.57 Å². The predicted molar refractivity (Wildman–Crippen MR) is 60.1 cm³/mol. The third-order valence-electron chi connectivity index (χ3n) is 2.40. The molecule has 0 amide bonds. The van der Waals surface area contributed by atoms with E-state index in [9.17, 15) is 4.79 Å². The first-order valence-electron chi connectivity index (χ1n) is 4.92. The van der Waals surface area contributed by atoms with Gasteiger partial charge in [-0.2, -0.15) is 0 Å². The highest BCUT2D eigenvalue weighted by molar-refractivity contribution is 5.84. The van der Waals surface area contributed by atoms with E-state index < -0.39 is 0 Å². The topological polar surface area (TPSA) is 34.4 Å². The Hall–Kier alpha value is -1.86.